The monoisotopic (exact) mass is 756 g/mol. The fourth-order valence-corrected chi connectivity index (χ4v) is 5.76. The Labute approximate surface area is 304 Å². The van der Waals surface area contributed by atoms with Crippen molar-refractivity contribution >= 4 is 23.0 Å². The maximum absolute atomic E-state index is 14.0. The van der Waals surface area contributed by atoms with Gasteiger partial charge in [0.2, 0.25) is 23.8 Å². The van der Waals surface area contributed by atoms with Gasteiger partial charge in [-0.15, -0.1) is 0 Å². The van der Waals surface area contributed by atoms with Crippen molar-refractivity contribution in [1.82, 2.24) is 0 Å². The molecule has 288 valence electrons. The molecule has 6 rings (SSSR count). The third kappa shape index (κ3) is 7.97. The van der Waals surface area contributed by atoms with Crippen molar-refractivity contribution in [3.05, 3.63) is 82.5 Å². The summed E-state index contributed by atoms with van der Waals surface area (Å²) < 4.78 is 33.6. The number of phenolic OH excluding ortho intramolecular Hbond substituents is 3. The van der Waals surface area contributed by atoms with E-state index in [4.69, 9.17) is 28.1 Å². The number of ether oxygens (including phenoxy) is 5. The van der Waals surface area contributed by atoms with Crippen LogP contribution in [0.3, 0.4) is 0 Å². The minimum absolute atomic E-state index is 0.0259. The fraction of sp³-hybridized carbons (Fsp3) is 0.333. The zero-order valence-corrected chi connectivity index (χ0v) is 27.9. The number of esters is 1. The number of aliphatic hydroxyl groups excluding tert-OH is 7. The van der Waals surface area contributed by atoms with Crippen LogP contribution in [0.5, 0.6) is 28.7 Å². The van der Waals surface area contributed by atoms with Crippen molar-refractivity contribution in [3.8, 4) is 40.1 Å². The molecule has 3 aromatic carbocycles. The van der Waals surface area contributed by atoms with Crippen LogP contribution in [-0.4, -0.2) is 132 Å². The van der Waals surface area contributed by atoms with Gasteiger partial charge in [-0.1, -0.05) is 12.1 Å². The summed E-state index contributed by atoms with van der Waals surface area (Å²) in [5, 5.41) is 102. The molecule has 4 aromatic rings. The summed E-state index contributed by atoms with van der Waals surface area (Å²) in [6.07, 6.45) is -14.8. The normalized spacial score (nSPS) is 28.6. The number of rotatable bonds is 10. The predicted molar refractivity (Wildman–Crippen MR) is 181 cm³/mol. The minimum Gasteiger partial charge on any atom is -0.508 e. The minimum atomic E-state index is -1.98. The van der Waals surface area contributed by atoms with Gasteiger partial charge in [0.15, 0.2) is 5.76 Å². The first kappa shape index (κ1) is 38.4. The van der Waals surface area contributed by atoms with E-state index in [1.807, 2.05) is 0 Å². The standard InChI is InChI=1S/C36H36O18/c37-13-22-26(42)29(45)31(47)35(52-22)50-19-11-20(40)25-21(12-19)51-33(16-4-8-18(39)9-5-16)34(28(25)44)54-36-32(48)30(46)27(43)23(53-36)14-49-24(41)10-3-15-1-6-17(38)7-2-15/h1-12,22-23,26-27,29-32,35-40,42-43,45-48H,13-14H2/b10-3-/t22?,23?,26-,27?,29+,30?,31?,32?,35-,36?/m0/s1. The van der Waals surface area contributed by atoms with E-state index < -0.39 is 103 Å². The lowest BCUT2D eigenvalue weighted by Gasteiger charge is -2.39. The molecule has 10 N–H and O–H groups in total. The topological polar surface area (TPSA) is 296 Å². The molecule has 0 spiro atoms. The van der Waals surface area contributed by atoms with Crippen LogP contribution >= 0.6 is 0 Å². The molecule has 2 aliphatic heterocycles. The lowest BCUT2D eigenvalue weighted by Crippen LogP contribution is -2.60. The number of hydrogen-bond acceptors (Lipinski definition) is 18. The van der Waals surface area contributed by atoms with Crippen LogP contribution in [0.1, 0.15) is 5.56 Å². The summed E-state index contributed by atoms with van der Waals surface area (Å²) in [5.41, 5.74) is -0.665. The number of carbonyl (C=O) groups is 1. The van der Waals surface area contributed by atoms with Gasteiger partial charge in [0.25, 0.3) is 0 Å². The van der Waals surface area contributed by atoms with Crippen LogP contribution in [0.4, 0.5) is 0 Å². The molecule has 0 radical (unpaired) electrons. The highest BCUT2D eigenvalue weighted by Crippen LogP contribution is 2.38. The lowest BCUT2D eigenvalue weighted by molar-refractivity contribution is -0.278. The number of carbonyl (C=O) groups excluding carboxylic acids is 1. The number of aromatic hydroxyl groups is 3. The second-order valence-electron chi connectivity index (χ2n) is 12.5. The molecule has 18 nitrogen and oxygen atoms in total. The van der Waals surface area contributed by atoms with Crippen molar-refractivity contribution in [1.29, 1.82) is 0 Å². The zero-order valence-electron chi connectivity index (χ0n) is 27.9. The van der Waals surface area contributed by atoms with Gasteiger partial charge in [-0.05, 0) is 48.0 Å². The lowest BCUT2D eigenvalue weighted by atomic mass is 9.99. The van der Waals surface area contributed by atoms with E-state index in [9.17, 15) is 60.7 Å². The van der Waals surface area contributed by atoms with Crippen molar-refractivity contribution in [2.45, 2.75) is 61.4 Å². The van der Waals surface area contributed by atoms with Gasteiger partial charge >= 0.3 is 5.97 Å². The zero-order chi connectivity index (χ0) is 38.8. The molecule has 0 aliphatic carbocycles. The van der Waals surface area contributed by atoms with E-state index in [0.717, 1.165) is 18.2 Å². The molecule has 3 heterocycles. The maximum atomic E-state index is 14.0. The van der Waals surface area contributed by atoms with Gasteiger partial charge in [-0.25, -0.2) is 4.79 Å². The number of hydrogen-bond donors (Lipinski definition) is 10. The van der Waals surface area contributed by atoms with Crippen molar-refractivity contribution in [3.63, 3.8) is 0 Å². The molecule has 2 saturated heterocycles. The van der Waals surface area contributed by atoms with Gasteiger partial charge in [0, 0.05) is 23.8 Å². The average molecular weight is 757 g/mol. The van der Waals surface area contributed by atoms with Crippen LogP contribution in [0.25, 0.3) is 28.4 Å². The number of phenols is 3. The van der Waals surface area contributed by atoms with Crippen LogP contribution in [0.15, 0.2) is 76.0 Å². The molecule has 0 amide bonds. The van der Waals surface area contributed by atoms with Crippen molar-refractivity contribution in [2.75, 3.05) is 13.2 Å². The third-order valence-electron chi connectivity index (χ3n) is 8.73. The predicted octanol–water partition coefficient (Wildman–Crippen LogP) is -0.802. The molecule has 1 aromatic heterocycles. The first-order valence-corrected chi connectivity index (χ1v) is 16.4. The van der Waals surface area contributed by atoms with Crippen LogP contribution in [0.2, 0.25) is 0 Å². The number of benzene rings is 3. The second-order valence-corrected chi connectivity index (χ2v) is 12.5. The molecule has 10 atom stereocenters. The summed E-state index contributed by atoms with van der Waals surface area (Å²) in [4.78, 5) is 26.4. The quantitative estimate of drug-likeness (QED) is 0.0700. The Bertz CT molecular complexity index is 2030. The van der Waals surface area contributed by atoms with Crippen molar-refractivity contribution in [2.24, 2.45) is 0 Å². The van der Waals surface area contributed by atoms with Crippen LogP contribution in [-0.2, 0) is 19.0 Å². The summed E-state index contributed by atoms with van der Waals surface area (Å²) in [6.45, 7) is -1.37. The SMILES string of the molecule is O=C(/C=C\c1ccc(O)cc1)OCC1OC(Oc2c(-c3ccc(O)cc3)oc3cc(O[C@H]4OC(CO)[C@H](O)[C@@H](O)C4O)cc(O)c3c2=O)C(O)C(O)C1O. The van der Waals surface area contributed by atoms with Crippen LogP contribution < -0.4 is 14.9 Å². The smallest absolute Gasteiger partial charge is 0.330 e. The fourth-order valence-electron chi connectivity index (χ4n) is 5.76. The Morgan fingerprint density at radius 3 is 1.93 bits per heavy atom. The molecule has 0 saturated carbocycles. The molecule has 54 heavy (non-hydrogen) atoms. The highest BCUT2D eigenvalue weighted by atomic mass is 16.7. The molecule has 2 fully saturated rings. The summed E-state index contributed by atoms with van der Waals surface area (Å²) in [7, 11) is 0. The van der Waals surface area contributed by atoms with E-state index in [0.29, 0.717) is 5.56 Å². The third-order valence-corrected chi connectivity index (χ3v) is 8.73. The largest absolute Gasteiger partial charge is 0.508 e. The van der Waals surface area contributed by atoms with Crippen LogP contribution in [0, 0.1) is 0 Å². The highest BCUT2D eigenvalue weighted by Gasteiger charge is 2.47. The second kappa shape index (κ2) is 16.0. The van der Waals surface area contributed by atoms with E-state index in [2.05, 4.69) is 0 Å². The van der Waals surface area contributed by atoms with Gasteiger partial charge in [0.1, 0.15) is 89.4 Å². The molecule has 18 heteroatoms. The van der Waals surface area contributed by atoms with E-state index in [-0.39, 0.29) is 34.2 Å². The Balaban J connectivity index is 1.29. The Morgan fingerprint density at radius 1 is 0.722 bits per heavy atom. The molecule has 0 bridgehead atoms. The number of aliphatic hydroxyl groups is 7. The first-order chi connectivity index (χ1) is 25.7. The van der Waals surface area contributed by atoms with Gasteiger partial charge in [-0.2, -0.15) is 0 Å². The Kier molecular flexibility index (Phi) is 11.4. The summed E-state index contributed by atoms with van der Waals surface area (Å²) >= 11 is 0. The molecular formula is C36H36O18. The number of fused-ring (bicyclic) bond motifs is 1. The maximum Gasteiger partial charge on any atom is 0.330 e. The van der Waals surface area contributed by atoms with Gasteiger partial charge < -0.3 is 79.2 Å². The van der Waals surface area contributed by atoms with Gasteiger partial charge in [0.05, 0.1) is 6.61 Å². The van der Waals surface area contributed by atoms with Gasteiger partial charge in [-0.3, -0.25) is 4.79 Å². The Morgan fingerprint density at radius 2 is 1.30 bits per heavy atom. The first-order valence-electron chi connectivity index (χ1n) is 16.4. The Hall–Kier alpha value is -5.28. The molecule has 2 aliphatic rings. The highest BCUT2D eigenvalue weighted by molar-refractivity contribution is 5.88. The summed E-state index contributed by atoms with van der Waals surface area (Å²) in [5.74, 6) is -2.99. The van der Waals surface area contributed by atoms with E-state index in [1.165, 1.54) is 42.5 Å². The van der Waals surface area contributed by atoms with E-state index >= 15 is 0 Å². The van der Waals surface area contributed by atoms with E-state index in [1.54, 1.807) is 12.1 Å². The summed E-state index contributed by atoms with van der Waals surface area (Å²) in [6, 6.07) is 13.2. The molecular weight excluding hydrogens is 720 g/mol. The average Bonchev–Trinajstić information content (AvgIpc) is 3.15. The molecule has 7 unspecified atom stereocenters. The van der Waals surface area contributed by atoms with Crippen molar-refractivity contribution < 1.29 is 84.0 Å².